The Hall–Kier alpha value is -2.24. The van der Waals surface area contributed by atoms with E-state index in [1.807, 2.05) is 62.4 Å². The normalized spacial score (nSPS) is 11.8. The number of carbonyl (C=O) groups excluding carboxylic acids is 2. The molecule has 0 saturated carbocycles. The molecule has 1 unspecified atom stereocenters. The molecular weight excluding hydrogens is 409 g/mol. The molecule has 0 radical (unpaired) electrons. The molecule has 1 atom stereocenters. The summed E-state index contributed by atoms with van der Waals surface area (Å²) >= 11 is 11.7. The molecular formula is C22H27Cl2N3O2. The van der Waals surface area contributed by atoms with Gasteiger partial charge in [0.1, 0.15) is 6.04 Å². The van der Waals surface area contributed by atoms with E-state index in [1.165, 1.54) is 0 Å². The quantitative estimate of drug-likeness (QED) is 0.551. The molecule has 0 fully saturated rings. The smallest absolute Gasteiger partial charge is 0.315 e. The van der Waals surface area contributed by atoms with Crippen molar-refractivity contribution in [3.05, 3.63) is 69.7 Å². The summed E-state index contributed by atoms with van der Waals surface area (Å²) in [4.78, 5) is 24.7. The van der Waals surface area contributed by atoms with Gasteiger partial charge >= 0.3 is 6.03 Å². The third-order valence-corrected chi connectivity index (χ3v) is 4.98. The highest BCUT2D eigenvalue weighted by Crippen LogP contribution is 2.10. The Kier molecular flexibility index (Phi) is 9.29. The summed E-state index contributed by atoms with van der Waals surface area (Å²) in [6.07, 6.45) is 1.38. The Morgan fingerprint density at radius 1 is 0.793 bits per heavy atom. The fraction of sp³-hybridized carbons (Fsp3) is 0.364. The summed E-state index contributed by atoms with van der Waals surface area (Å²) in [5.74, 6) is -0.227. The summed E-state index contributed by atoms with van der Waals surface area (Å²) in [7, 11) is 0. The molecule has 0 spiro atoms. The van der Waals surface area contributed by atoms with Crippen molar-refractivity contribution in [2.24, 2.45) is 5.92 Å². The zero-order chi connectivity index (χ0) is 21.2. The zero-order valence-electron chi connectivity index (χ0n) is 16.7. The van der Waals surface area contributed by atoms with Crippen LogP contribution in [0.1, 0.15) is 25.0 Å². The molecule has 0 saturated heterocycles. The first-order chi connectivity index (χ1) is 13.8. The maximum atomic E-state index is 12.5. The van der Waals surface area contributed by atoms with Crippen molar-refractivity contribution < 1.29 is 9.59 Å². The molecule has 0 bridgehead atoms. The number of urea groups is 1. The molecule has 7 heteroatoms. The molecule has 156 valence electrons. The van der Waals surface area contributed by atoms with Crippen molar-refractivity contribution in [3.63, 3.8) is 0 Å². The number of carbonyl (C=O) groups is 2. The van der Waals surface area contributed by atoms with Crippen LogP contribution >= 0.6 is 23.2 Å². The lowest BCUT2D eigenvalue weighted by molar-refractivity contribution is -0.123. The van der Waals surface area contributed by atoms with Gasteiger partial charge in [0.05, 0.1) is 0 Å². The van der Waals surface area contributed by atoms with Crippen LogP contribution in [0.3, 0.4) is 0 Å². The highest BCUT2D eigenvalue weighted by molar-refractivity contribution is 6.30. The third-order valence-electron chi connectivity index (χ3n) is 4.47. The Bertz CT molecular complexity index is 793. The number of halogens is 2. The van der Waals surface area contributed by atoms with Gasteiger partial charge in [0.15, 0.2) is 0 Å². The van der Waals surface area contributed by atoms with Gasteiger partial charge in [0.2, 0.25) is 5.91 Å². The van der Waals surface area contributed by atoms with Gasteiger partial charge in [0.25, 0.3) is 0 Å². The zero-order valence-corrected chi connectivity index (χ0v) is 18.2. The number of nitrogens with one attached hydrogen (secondary N) is 3. The number of benzene rings is 2. The van der Waals surface area contributed by atoms with Gasteiger partial charge < -0.3 is 16.0 Å². The van der Waals surface area contributed by atoms with Crippen molar-refractivity contribution in [1.29, 1.82) is 0 Å². The van der Waals surface area contributed by atoms with E-state index in [4.69, 9.17) is 23.2 Å². The molecule has 2 aromatic carbocycles. The Labute approximate surface area is 182 Å². The summed E-state index contributed by atoms with van der Waals surface area (Å²) in [6.45, 7) is 4.76. The lowest BCUT2D eigenvalue weighted by atomic mass is 10.0. The molecule has 2 aromatic rings. The monoisotopic (exact) mass is 435 g/mol. The van der Waals surface area contributed by atoms with E-state index in [1.54, 1.807) is 0 Å². The highest BCUT2D eigenvalue weighted by Gasteiger charge is 2.23. The van der Waals surface area contributed by atoms with Crippen molar-refractivity contribution >= 4 is 35.1 Å². The largest absolute Gasteiger partial charge is 0.354 e. The molecule has 0 aliphatic rings. The fourth-order valence-corrected chi connectivity index (χ4v) is 3.04. The van der Waals surface area contributed by atoms with Crippen molar-refractivity contribution in [1.82, 2.24) is 16.0 Å². The van der Waals surface area contributed by atoms with Gasteiger partial charge in [-0.2, -0.15) is 0 Å². The third kappa shape index (κ3) is 8.34. The maximum absolute atomic E-state index is 12.5. The van der Waals surface area contributed by atoms with E-state index in [0.717, 1.165) is 11.1 Å². The number of amides is 3. The number of rotatable bonds is 9. The van der Waals surface area contributed by atoms with E-state index >= 15 is 0 Å². The van der Waals surface area contributed by atoms with Crippen LogP contribution in [-0.4, -0.2) is 31.1 Å². The molecule has 0 aromatic heterocycles. The van der Waals surface area contributed by atoms with E-state index in [9.17, 15) is 9.59 Å². The van der Waals surface area contributed by atoms with Gasteiger partial charge in [0, 0.05) is 23.1 Å². The molecule has 3 amide bonds. The minimum atomic E-state index is -0.601. The molecule has 0 heterocycles. The number of hydrogen-bond acceptors (Lipinski definition) is 2. The van der Waals surface area contributed by atoms with Crippen LogP contribution in [0.15, 0.2) is 48.5 Å². The summed E-state index contributed by atoms with van der Waals surface area (Å²) in [5.41, 5.74) is 2.17. The maximum Gasteiger partial charge on any atom is 0.315 e. The molecule has 0 aliphatic carbocycles. The van der Waals surface area contributed by atoms with E-state index in [-0.39, 0.29) is 17.9 Å². The van der Waals surface area contributed by atoms with Crippen molar-refractivity contribution in [2.75, 3.05) is 13.1 Å². The second-order valence-corrected chi connectivity index (χ2v) is 8.04. The molecule has 29 heavy (non-hydrogen) atoms. The topological polar surface area (TPSA) is 70.2 Å². The van der Waals surface area contributed by atoms with Crippen molar-refractivity contribution in [3.8, 4) is 0 Å². The summed E-state index contributed by atoms with van der Waals surface area (Å²) in [5, 5.41) is 9.82. The van der Waals surface area contributed by atoms with Crippen LogP contribution in [0, 0.1) is 5.92 Å². The molecule has 0 aliphatic heterocycles. The van der Waals surface area contributed by atoms with Gasteiger partial charge in [-0.25, -0.2) is 4.79 Å². The highest BCUT2D eigenvalue weighted by atomic mass is 35.5. The Balaban J connectivity index is 1.75. The number of hydrogen-bond donors (Lipinski definition) is 3. The predicted octanol–water partition coefficient (Wildman–Crippen LogP) is 4.22. The lowest BCUT2D eigenvalue weighted by Crippen LogP contribution is -2.53. The minimum Gasteiger partial charge on any atom is -0.354 e. The first-order valence-electron chi connectivity index (χ1n) is 9.66. The summed E-state index contributed by atoms with van der Waals surface area (Å²) < 4.78 is 0. The Morgan fingerprint density at radius 2 is 1.24 bits per heavy atom. The minimum absolute atomic E-state index is 0.0347. The fourth-order valence-electron chi connectivity index (χ4n) is 2.79. The van der Waals surface area contributed by atoms with Crippen molar-refractivity contribution in [2.45, 2.75) is 32.7 Å². The average molecular weight is 436 g/mol. The molecule has 3 N–H and O–H groups in total. The molecule has 5 nitrogen and oxygen atoms in total. The van der Waals surface area contributed by atoms with Crippen LogP contribution in [-0.2, 0) is 17.6 Å². The SMILES string of the molecule is CC(C)C(NC(=O)NCCc1ccc(Cl)cc1)C(=O)NCCc1ccc(Cl)cc1. The second kappa shape index (κ2) is 11.7. The van der Waals surface area contributed by atoms with Gasteiger partial charge in [-0.05, 0) is 54.2 Å². The van der Waals surface area contributed by atoms with Gasteiger partial charge in [-0.1, -0.05) is 61.3 Å². The van der Waals surface area contributed by atoms with Crippen LogP contribution in [0.4, 0.5) is 4.79 Å². The molecule has 2 rings (SSSR count). The average Bonchev–Trinajstić information content (AvgIpc) is 2.69. The van der Waals surface area contributed by atoms with E-state index < -0.39 is 6.04 Å². The lowest BCUT2D eigenvalue weighted by Gasteiger charge is -2.22. The second-order valence-electron chi connectivity index (χ2n) is 7.17. The van der Waals surface area contributed by atoms with Crippen LogP contribution < -0.4 is 16.0 Å². The first kappa shape index (κ1) is 23.0. The first-order valence-corrected chi connectivity index (χ1v) is 10.4. The van der Waals surface area contributed by atoms with E-state index in [0.29, 0.717) is 36.0 Å². The van der Waals surface area contributed by atoms with Crippen LogP contribution in [0.25, 0.3) is 0 Å². The van der Waals surface area contributed by atoms with Crippen LogP contribution in [0.2, 0.25) is 10.0 Å². The Morgan fingerprint density at radius 3 is 1.69 bits per heavy atom. The summed E-state index contributed by atoms with van der Waals surface area (Å²) in [6, 6.07) is 14.0. The predicted molar refractivity (Wildman–Crippen MR) is 118 cm³/mol. The standard InChI is InChI=1S/C22H27Cl2N3O2/c1-15(2)20(21(28)25-13-11-16-3-7-18(23)8-4-16)27-22(29)26-14-12-17-5-9-19(24)10-6-17/h3-10,15,20H,11-14H2,1-2H3,(H,25,28)(H2,26,27,29). The van der Waals surface area contributed by atoms with Gasteiger partial charge in [-0.3, -0.25) is 4.79 Å². The van der Waals surface area contributed by atoms with E-state index in [2.05, 4.69) is 16.0 Å². The van der Waals surface area contributed by atoms with Gasteiger partial charge in [-0.15, -0.1) is 0 Å². The van der Waals surface area contributed by atoms with Crippen LogP contribution in [0.5, 0.6) is 0 Å².